The maximum absolute atomic E-state index is 10.6. The van der Waals surface area contributed by atoms with E-state index in [4.69, 9.17) is 14.7 Å². The molecule has 0 aliphatic rings. The van der Waals surface area contributed by atoms with E-state index in [-0.39, 0.29) is 38.1 Å². The molecule has 0 amide bonds. The van der Waals surface area contributed by atoms with E-state index in [9.17, 15) is 5.11 Å². The number of rotatable bonds is 4. The molecule has 6 heteroatoms. The molecule has 0 spiro atoms. The molecule has 3 aromatic carbocycles. The topological polar surface area (TPSA) is 60.2 Å². The summed E-state index contributed by atoms with van der Waals surface area (Å²) in [5.41, 5.74) is 5.86. The number of fused-ring (bicyclic) bond motifs is 4. The summed E-state index contributed by atoms with van der Waals surface area (Å²) in [5, 5.41) is 13.9. The maximum Gasteiger partial charge on any atom is 0.217 e. The average Bonchev–Trinajstić information content (AvgIpc) is 3.22. The zero-order valence-electron chi connectivity index (χ0n) is 23.5. The Labute approximate surface area is 249 Å². The monoisotopic (exact) mass is 709 g/mol. The van der Waals surface area contributed by atoms with Crippen LogP contribution in [0.25, 0.3) is 38.5 Å². The van der Waals surface area contributed by atoms with Crippen LogP contribution in [0.15, 0.2) is 72.9 Å². The first kappa shape index (κ1) is 27.9. The average molecular weight is 710 g/mol. The van der Waals surface area contributed by atoms with Crippen molar-refractivity contribution in [3.05, 3.63) is 95.7 Å². The molecule has 1 N–H and O–H groups in total. The fourth-order valence-electron chi connectivity index (χ4n) is 5.42. The van der Waals surface area contributed by atoms with E-state index < -0.39 is 0 Å². The van der Waals surface area contributed by atoms with Crippen LogP contribution in [0, 0.1) is 13.0 Å². The first-order chi connectivity index (χ1) is 18.6. The van der Waals surface area contributed by atoms with Gasteiger partial charge in [-0.2, -0.15) is 0 Å². The van der Waals surface area contributed by atoms with Crippen molar-refractivity contribution in [1.29, 1.82) is 0 Å². The minimum Gasteiger partial charge on any atom is -0.506 e. The fourth-order valence-corrected chi connectivity index (χ4v) is 5.42. The number of para-hydroxylation sites is 1. The number of phenolic OH excluding ortho intramolecular Hbond substituents is 1. The number of phenols is 1. The van der Waals surface area contributed by atoms with Gasteiger partial charge in [0.2, 0.25) is 5.88 Å². The predicted molar refractivity (Wildman–Crippen MR) is 158 cm³/mol. The van der Waals surface area contributed by atoms with Gasteiger partial charge in [-0.25, -0.2) is 9.97 Å². The van der Waals surface area contributed by atoms with Gasteiger partial charge in [-0.15, -0.1) is 17.7 Å². The van der Waals surface area contributed by atoms with Crippen LogP contribution >= 0.6 is 0 Å². The molecule has 0 aliphatic heterocycles. The van der Waals surface area contributed by atoms with E-state index in [1.807, 2.05) is 30.5 Å². The molecule has 40 heavy (non-hydrogen) atoms. The minimum absolute atomic E-state index is 0. The van der Waals surface area contributed by atoms with E-state index >= 15 is 0 Å². The number of hydrogen-bond acceptors (Lipinski definition) is 4. The Hall–Kier alpha value is -3.69. The Morgan fingerprint density at radius 2 is 1.73 bits per heavy atom. The zero-order valence-corrected chi connectivity index (χ0v) is 25.8. The van der Waals surface area contributed by atoms with Crippen molar-refractivity contribution in [1.82, 2.24) is 14.5 Å². The Morgan fingerprint density at radius 1 is 0.950 bits per heavy atom. The van der Waals surface area contributed by atoms with Gasteiger partial charge in [0.15, 0.2) is 0 Å². The second-order valence-electron chi connectivity index (χ2n) is 11.5. The molecule has 0 fully saturated rings. The molecule has 6 rings (SSSR count). The summed E-state index contributed by atoms with van der Waals surface area (Å²) in [6, 6.07) is 25.6. The van der Waals surface area contributed by atoms with Crippen LogP contribution in [-0.4, -0.2) is 19.6 Å². The van der Waals surface area contributed by atoms with E-state index in [1.165, 1.54) is 5.56 Å². The van der Waals surface area contributed by atoms with E-state index in [2.05, 4.69) is 88.6 Å². The molecule has 5 nitrogen and oxygen atoms in total. The van der Waals surface area contributed by atoms with Crippen LogP contribution < -0.4 is 4.74 Å². The molecule has 0 unspecified atom stereocenters. The van der Waals surface area contributed by atoms with Gasteiger partial charge in [0.25, 0.3) is 0 Å². The van der Waals surface area contributed by atoms with Crippen molar-refractivity contribution in [3.8, 4) is 23.2 Å². The fraction of sp³-hybridized carbons (Fsp3) is 0.235. The molecule has 3 aromatic heterocycles. The second-order valence-corrected chi connectivity index (χ2v) is 11.5. The molecular formula is C34H32N3O2Pt-. The number of ether oxygens (including phenoxy) is 1. The molecule has 0 saturated heterocycles. The minimum atomic E-state index is -0.0851. The summed E-state index contributed by atoms with van der Waals surface area (Å²) in [5.74, 6) is 2.20. The molecule has 0 bridgehead atoms. The number of pyridine rings is 2. The summed E-state index contributed by atoms with van der Waals surface area (Å²) < 4.78 is 8.52. The smallest absolute Gasteiger partial charge is 0.217 e. The van der Waals surface area contributed by atoms with Crippen LogP contribution in [-0.2, 0) is 26.5 Å². The third-order valence-corrected chi connectivity index (χ3v) is 7.28. The Balaban J connectivity index is 0.00000323. The van der Waals surface area contributed by atoms with E-state index in [0.29, 0.717) is 17.1 Å². The Morgan fingerprint density at radius 3 is 2.45 bits per heavy atom. The molecule has 0 atom stereocenters. The SMILES string of the molecule is Cc1ccnc(-n2c3[c-]c(Oc4ccc5c(C(C)(C)C)ccc(O)c5n4)cc(C(C)C)c3c3ccccc32)c1.[Pt]. The molecule has 3 heterocycles. The summed E-state index contributed by atoms with van der Waals surface area (Å²) in [6.07, 6.45) is 1.84. The van der Waals surface area contributed by atoms with E-state index in [0.717, 1.165) is 44.1 Å². The van der Waals surface area contributed by atoms with Gasteiger partial charge in [0.1, 0.15) is 17.1 Å². The van der Waals surface area contributed by atoms with Crippen molar-refractivity contribution < 1.29 is 30.9 Å². The van der Waals surface area contributed by atoms with Gasteiger partial charge in [0.05, 0.1) is 0 Å². The Bertz CT molecular complexity index is 1880. The summed E-state index contributed by atoms with van der Waals surface area (Å²) in [4.78, 5) is 9.43. The molecule has 0 radical (unpaired) electrons. The van der Waals surface area contributed by atoms with Crippen LogP contribution in [0.5, 0.6) is 17.4 Å². The number of hydrogen-bond donors (Lipinski definition) is 1. The van der Waals surface area contributed by atoms with Gasteiger partial charge in [-0.05, 0) is 65.1 Å². The van der Waals surface area contributed by atoms with Crippen LogP contribution in [0.1, 0.15) is 57.2 Å². The van der Waals surface area contributed by atoms with Crippen LogP contribution in [0.3, 0.4) is 0 Å². The number of nitrogens with zero attached hydrogens (tertiary/aromatic N) is 3. The zero-order chi connectivity index (χ0) is 27.5. The predicted octanol–water partition coefficient (Wildman–Crippen LogP) is 8.75. The first-order valence-electron chi connectivity index (χ1n) is 13.4. The number of aromatic hydroxyl groups is 1. The third-order valence-electron chi connectivity index (χ3n) is 7.28. The number of benzene rings is 3. The molecular weight excluding hydrogens is 677 g/mol. The summed E-state index contributed by atoms with van der Waals surface area (Å²) in [6.45, 7) is 12.9. The summed E-state index contributed by atoms with van der Waals surface area (Å²) >= 11 is 0. The molecule has 0 saturated carbocycles. The standard InChI is InChI=1S/C34H32N3O2.Pt/c1-20(2)25-18-22(39-31-14-11-23-26(34(4,5)6)12-13-29(38)33(23)36-31)19-28-32(25)24-9-7-8-10-27(24)37(28)30-17-21(3)15-16-35-30;/h7-18,20,38H,1-6H3;/q-1;. The van der Waals surface area contributed by atoms with Crippen molar-refractivity contribution in [2.75, 3.05) is 0 Å². The van der Waals surface area contributed by atoms with Gasteiger partial charge in [-0.3, -0.25) is 0 Å². The van der Waals surface area contributed by atoms with Gasteiger partial charge < -0.3 is 14.4 Å². The third kappa shape index (κ3) is 4.77. The first-order valence-corrected chi connectivity index (χ1v) is 13.4. The normalized spacial score (nSPS) is 11.9. The quantitative estimate of drug-likeness (QED) is 0.186. The maximum atomic E-state index is 10.6. The van der Waals surface area contributed by atoms with Crippen LogP contribution in [0.4, 0.5) is 0 Å². The molecule has 206 valence electrons. The van der Waals surface area contributed by atoms with Crippen molar-refractivity contribution in [2.45, 2.75) is 52.9 Å². The van der Waals surface area contributed by atoms with Gasteiger partial charge in [-0.1, -0.05) is 69.8 Å². The van der Waals surface area contributed by atoms with E-state index in [1.54, 1.807) is 6.07 Å². The second kappa shape index (κ2) is 10.4. The van der Waals surface area contributed by atoms with Gasteiger partial charge in [0, 0.05) is 50.0 Å². The summed E-state index contributed by atoms with van der Waals surface area (Å²) in [7, 11) is 0. The van der Waals surface area contributed by atoms with Crippen molar-refractivity contribution in [2.24, 2.45) is 0 Å². The number of aryl methyl sites for hydroxylation is 1. The molecule has 0 aliphatic carbocycles. The van der Waals surface area contributed by atoms with Gasteiger partial charge >= 0.3 is 0 Å². The number of aromatic nitrogens is 3. The Kier molecular flexibility index (Phi) is 7.22. The largest absolute Gasteiger partial charge is 0.506 e. The van der Waals surface area contributed by atoms with Crippen molar-refractivity contribution >= 4 is 32.7 Å². The van der Waals surface area contributed by atoms with Crippen molar-refractivity contribution in [3.63, 3.8) is 0 Å². The molecule has 6 aromatic rings. The van der Waals surface area contributed by atoms with Crippen LogP contribution in [0.2, 0.25) is 0 Å².